The van der Waals surface area contributed by atoms with Gasteiger partial charge in [0.15, 0.2) is 0 Å². The topological polar surface area (TPSA) is 87.3 Å². The summed E-state index contributed by atoms with van der Waals surface area (Å²) in [5.41, 5.74) is 1.35. The van der Waals surface area contributed by atoms with Gasteiger partial charge >= 0.3 is 0 Å². The molecule has 0 unspecified atom stereocenters. The first kappa shape index (κ1) is 21.0. The van der Waals surface area contributed by atoms with Gasteiger partial charge in [-0.05, 0) is 11.0 Å². The fourth-order valence-electron chi connectivity index (χ4n) is 3.40. The quantitative estimate of drug-likeness (QED) is 0.780. The molecule has 0 radical (unpaired) electrons. The van der Waals surface area contributed by atoms with E-state index in [1.54, 1.807) is 0 Å². The highest BCUT2D eigenvalue weighted by Gasteiger charge is 2.22. The van der Waals surface area contributed by atoms with Crippen LogP contribution in [0.15, 0.2) is 41.2 Å². The van der Waals surface area contributed by atoms with E-state index in [0.29, 0.717) is 50.8 Å². The number of aromatic amines is 1. The Balaban J connectivity index is 1.82. The molecular formula is C22H30N4O3. The Morgan fingerprint density at radius 3 is 2.59 bits per heavy atom. The van der Waals surface area contributed by atoms with E-state index in [0.717, 1.165) is 5.56 Å². The molecule has 1 aliphatic rings. The van der Waals surface area contributed by atoms with E-state index < -0.39 is 0 Å². The maximum Gasteiger partial charge on any atom is 0.252 e. The summed E-state index contributed by atoms with van der Waals surface area (Å²) in [5.74, 6) is 0.549. The van der Waals surface area contributed by atoms with Crippen LogP contribution in [0.4, 0.5) is 5.95 Å². The largest absolute Gasteiger partial charge is 0.378 e. The maximum atomic E-state index is 12.6. The Kier molecular flexibility index (Phi) is 6.69. The Morgan fingerprint density at radius 1 is 1.24 bits per heavy atom. The molecule has 2 N–H and O–H groups in total. The Bertz CT molecular complexity index is 868. The third kappa shape index (κ3) is 6.42. The number of H-pyrrole nitrogens is 1. The van der Waals surface area contributed by atoms with Crippen molar-refractivity contribution in [2.45, 2.75) is 39.7 Å². The molecule has 1 atom stereocenters. The van der Waals surface area contributed by atoms with Crippen molar-refractivity contribution in [3.63, 3.8) is 0 Å². The summed E-state index contributed by atoms with van der Waals surface area (Å²) in [6.07, 6.45) is 0.874. The molecule has 0 bridgehead atoms. The fourth-order valence-corrected chi connectivity index (χ4v) is 3.40. The zero-order valence-corrected chi connectivity index (χ0v) is 17.4. The first-order chi connectivity index (χ1) is 13.8. The molecule has 1 fully saturated rings. The number of rotatable bonds is 6. The minimum atomic E-state index is -0.252. The number of ether oxygens (including phenoxy) is 1. The summed E-state index contributed by atoms with van der Waals surface area (Å²) < 4.78 is 5.38. The predicted octanol–water partition coefficient (Wildman–Crippen LogP) is 2.44. The average molecular weight is 399 g/mol. The molecule has 0 saturated carbocycles. The van der Waals surface area contributed by atoms with Crippen molar-refractivity contribution in [1.82, 2.24) is 15.3 Å². The summed E-state index contributed by atoms with van der Waals surface area (Å²) >= 11 is 0. The number of carbonyl (C=O) groups excluding carboxylic acids is 1. The summed E-state index contributed by atoms with van der Waals surface area (Å²) in [7, 11) is 0. The molecule has 156 valence electrons. The second kappa shape index (κ2) is 9.22. The summed E-state index contributed by atoms with van der Waals surface area (Å²) in [4.78, 5) is 34.3. The zero-order valence-electron chi connectivity index (χ0n) is 17.4. The zero-order chi connectivity index (χ0) is 20.9. The van der Waals surface area contributed by atoms with Crippen molar-refractivity contribution >= 4 is 11.9 Å². The maximum absolute atomic E-state index is 12.6. The van der Waals surface area contributed by atoms with Gasteiger partial charge in [0.05, 0.1) is 24.9 Å². The molecular weight excluding hydrogens is 368 g/mol. The van der Waals surface area contributed by atoms with Gasteiger partial charge in [0.1, 0.15) is 0 Å². The summed E-state index contributed by atoms with van der Waals surface area (Å²) in [5, 5.41) is 3.13. The number of nitrogens with one attached hydrogen (secondary N) is 2. The molecule has 1 aliphatic heterocycles. The van der Waals surface area contributed by atoms with Gasteiger partial charge in [-0.1, -0.05) is 51.1 Å². The van der Waals surface area contributed by atoms with Crippen LogP contribution in [-0.2, 0) is 16.0 Å². The number of hydrogen-bond acceptors (Lipinski definition) is 5. The van der Waals surface area contributed by atoms with E-state index in [9.17, 15) is 9.59 Å². The van der Waals surface area contributed by atoms with Crippen molar-refractivity contribution in [3.8, 4) is 0 Å². The molecule has 1 saturated heterocycles. The van der Waals surface area contributed by atoms with Crippen LogP contribution in [0.5, 0.6) is 0 Å². The smallest absolute Gasteiger partial charge is 0.252 e. The fraction of sp³-hybridized carbons (Fsp3) is 0.500. The number of amides is 1. The van der Waals surface area contributed by atoms with Gasteiger partial charge in [0.25, 0.3) is 5.56 Å². The third-order valence-electron chi connectivity index (χ3n) is 4.73. The molecule has 0 aliphatic carbocycles. The first-order valence-electron chi connectivity index (χ1n) is 10.1. The van der Waals surface area contributed by atoms with Crippen molar-refractivity contribution < 1.29 is 9.53 Å². The third-order valence-corrected chi connectivity index (χ3v) is 4.73. The lowest BCUT2D eigenvalue weighted by atomic mass is 9.91. The standard InChI is InChI=1S/C22H30N4O3/c1-22(2,3)15-20(28)24-18(16-7-5-4-6-8-16)13-17-14-19(27)25-21(23-17)26-9-11-29-12-10-26/h4-8,14,18H,9-13,15H2,1-3H3,(H,24,28)(H,23,25,27)/t18-/m0/s1. The Hall–Kier alpha value is -2.67. The summed E-state index contributed by atoms with van der Waals surface area (Å²) in [6.45, 7) is 8.73. The number of morpholine rings is 1. The van der Waals surface area contributed by atoms with Crippen LogP contribution in [0.2, 0.25) is 0 Å². The number of anilines is 1. The molecule has 29 heavy (non-hydrogen) atoms. The minimum Gasteiger partial charge on any atom is -0.378 e. The molecule has 0 spiro atoms. The van der Waals surface area contributed by atoms with Crippen LogP contribution in [-0.4, -0.2) is 42.2 Å². The van der Waals surface area contributed by atoms with Crippen LogP contribution in [0, 0.1) is 5.41 Å². The van der Waals surface area contributed by atoms with E-state index in [4.69, 9.17) is 4.74 Å². The molecule has 3 rings (SSSR count). The van der Waals surface area contributed by atoms with E-state index in [2.05, 4.69) is 15.3 Å². The van der Waals surface area contributed by atoms with Gasteiger partial charge in [0, 0.05) is 32.0 Å². The van der Waals surface area contributed by atoms with E-state index in [1.165, 1.54) is 6.07 Å². The van der Waals surface area contributed by atoms with Crippen LogP contribution in [0.25, 0.3) is 0 Å². The van der Waals surface area contributed by atoms with Crippen molar-refractivity contribution in [2.24, 2.45) is 5.41 Å². The number of nitrogens with zero attached hydrogens (tertiary/aromatic N) is 2. The van der Waals surface area contributed by atoms with E-state index in [-0.39, 0.29) is 22.9 Å². The minimum absolute atomic E-state index is 0.00963. The highest BCUT2D eigenvalue weighted by Crippen LogP contribution is 2.22. The Labute approximate surface area is 171 Å². The first-order valence-corrected chi connectivity index (χ1v) is 10.1. The number of aromatic nitrogens is 2. The van der Waals surface area contributed by atoms with Crippen molar-refractivity contribution in [2.75, 3.05) is 31.2 Å². The Morgan fingerprint density at radius 2 is 1.93 bits per heavy atom. The van der Waals surface area contributed by atoms with E-state index >= 15 is 0 Å². The number of carbonyl (C=O) groups is 1. The molecule has 2 aromatic rings. The highest BCUT2D eigenvalue weighted by molar-refractivity contribution is 5.77. The summed E-state index contributed by atoms with van der Waals surface area (Å²) in [6, 6.07) is 11.1. The second-order valence-corrected chi connectivity index (χ2v) is 8.63. The van der Waals surface area contributed by atoms with Crippen LogP contribution in [0.3, 0.4) is 0 Å². The van der Waals surface area contributed by atoms with Crippen LogP contribution in [0.1, 0.15) is 44.5 Å². The molecule has 1 aromatic heterocycles. The van der Waals surface area contributed by atoms with Crippen LogP contribution >= 0.6 is 0 Å². The van der Waals surface area contributed by atoms with Crippen molar-refractivity contribution in [3.05, 3.63) is 58.0 Å². The van der Waals surface area contributed by atoms with E-state index in [1.807, 2.05) is 56.0 Å². The SMILES string of the molecule is CC(C)(C)CC(=O)N[C@@H](Cc1cc(=O)[nH]c(N2CCOCC2)n1)c1ccccc1. The number of benzene rings is 1. The molecule has 1 aromatic carbocycles. The van der Waals surface area contributed by atoms with Gasteiger partial charge in [0.2, 0.25) is 11.9 Å². The monoisotopic (exact) mass is 398 g/mol. The van der Waals surface area contributed by atoms with Crippen molar-refractivity contribution in [1.29, 1.82) is 0 Å². The lowest BCUT2D eigenvalue weighted by molar-refractivity contribution is -0.123. The second-order valence-electron chi connectivity index (χ2n) is 8.63. The van der Waals surface area contributed by atoms with Gasteiger partial charge < -0.3 is 15.0 Å². The average Bonchev–Trinajstić information content (AvgIpc) is 2.67. The lowest BCUT2D eigenvalue weighted by Crippen LogP contribution is -2.38. The van der Waals surface area contributed by atoms with Gasteiger partial charge in [-0.15, -0.1) is 0 Å². The molecule has 1 amide bonds. The lowest BCUT2D eigenvalue weighted by Gasteiger charge is -2.27. The molecule has 2 heterocycles. The van der Waals surface area contributed by atoms with Gasteiger partial charge in [-0.3, -0.25) is 14.6 Å². The normalized spacial score (nSPS) is 15.8. The number of hydrogen-bond donors (Lipinski definition) is 2. The van der Waals surface area contributed by atoms with Gasteiger partial charge in [-0.2, -0.15) is 0 Å². The van der Waals surface area contributed by atoms with Crippen LogP contribution < -0.4 is 15.8 Å². The molecule has 7 heteroatoms. The predicted molar refractivity (Wildman–Crippen MR) is 113 cm³/mol. The molecule has 7 nitrogen and oxygen atoms in total. The highest BCUT2D eigenvalue weighted by atomic mass is 16.5. The van der Waals surface area contributed by atoms with Gasteiger partial charge in [-0.25, -0.2) is 4.98 Å².